The SMILES string of the molecule is CC(C)c1cc(-c2nnc(O)n2Cc2cccc(CN3CCOCC3)c2)ccc1O. The molecule has 0 unspecified atom stereocenters. The van der Waals surface area contributed by atoms with E-state index < -0.39 is 0 Å². The molecule has 0 bridgehead atoms. The maximum Gasteiger partial charge on any atom is 0.315 e. The minimum absolute atomic E-state index is 0.122. The molecule has 1 fully saturated rings. The topological polar surface area (TPSA) is 83.6 Å². The summed E-state index contributed by atoms with van der Waals surface area (Å²) in [5.74, 6) is 1.01. The largest absolute Gasteiger partial charge is 0.508 e. The van der Waals surface area contributed by atoms with Crippen LogP contribution in [0.5, 0.6) is 11.8 Å². The molecule has 158 valence electrons. The zero-order valence-electron chi connectivity index (χ0n) is 17.5. The number of phenols is 1. The summed E-state index contributed by atoms with van der Waals surface area (Å²) in [6.07, 6.45) is 0. The van der Waals surface area contributed by atoms with Gasteiger partial charge in [0.05, 0.1) is 19.8 Å². The Balaban J connectivity index is 1.58. The number of benzene rings is 2. The lowest BCUT2D eigenvalue weighted by Gasteiger charge is -2.26. The van der Waals surface area contributed by atoms with Gasteiger partial charge in [0.1, 0.15) is 5.75 Å². The summed E-state index contributed by atoms with van der Waals surface area (Å²) >= 11 is 0. The monoisotopic (exact) mass is 408 g/mol. The van der Waals surface area contributed by atoms with Gasteiger partial charge in [0.25, 0.3) is 0 Å². The molecule has 7 nitrogen and oxygen atoms in total. The number of hydrogen-bond acceptors (Lipinski definition) is 6. The van der Waals surface area contributed by atoms with Gasteiger partial charge in [-0.2, -0.15) is 0 Å². The van der Waals surface area contributed by atoms with E-state index in [9.17, 15) is 10.2 Å². The number of aromatic hydroxyl groups is 2. The van der Waals surface area contributed by atoms with Crippen LogP contribution in [0.2, 0.25) is 0 Å². The molecule has 4 rings (SSSR count). The highest BCUT2D eigenvalue weighted by atomic mass is 16.5. The Morgan fingerprint density at radius 1 is 0.967 bits per heavy atom. The van der Waals surface area contributed by atoms with Crippen LogP contribution in [0, 0.1) is 0 Å². The molecule has 2 aromatic carbocycles. The van der Waals surface area contributed by atoms with Crippen LogP contribution in [0.15, 0.2) is 42.5 Å². The van der Waals surface area contributed by atoms with E-state index in [1.54, 1.807) is 16.7 Å². The van der Waals surface area contributed by atoms with Gasteiger partial charge in [-0.15, -0.1) is 5.10 Å². The van der Waals surface area contributed by atoms with Gasteiger partial charge in [0.2, 0.25) is 0 Å². The van der Waals surface area contributed by atoms with Crippen LogP contribution in [0.1, 0.15) is 36.5 Å². The Morgan fingerprint density at radius 2 is 1.70 bits per heavy atom. The second kappa shape index (κ2) is 8.85. The van der Waals surface area contributed by atoms with Gasteiger partial charge in [-0.1, -0.05) is 43.2 Å². The molecule has 0 atom stereocenters. The van der Waals surface area contributed by atoms with Crippen molar-refractivity contribution in [3.05, 3.63) is 59.2 Å². The molecule has 1 aromatic heterocycles. The van der Waals surface area contributed by atoms with Crippen LogP contribution in [0.4, 0.5) is 0 Å². The van der Waals surface area contributed by atoms with E-state index in [-0.39, 0.29) is 17.7 Å². The first-order valence-electron chi connectivity index (χ1n) is 10.3. The average Bonchev–Trinajstić information content (AvgIpc) is 3.09. The van der Waals surface area contributed by atoms with Crippen LogP contribution in [0.25, 0.3) is 11.4 Å². The zero-order chi connectivity index (χ0) is 21.1. The fourth-order valence-corrected chi connectivity index (χ4v) is 3.84. The van der Waals surface area contributed by atoms with Crippen molar-refractivity contribution in [1.29, 1.82) is 0 Å². The Bertz CT molecular complexity index is 1010. The number of nitrogens with zero attached hydrogens (tertiary/aromatic N) is 4. The Kier molecular flexibility index (Phi) is 6.01. The van der Waals surface area contributed by atoms with Crippen molar-refractivity contribution in [3.8, 4) is 23.1 Å². The summed E-state index contributed by atoms with van der Waals surface area (Å²) in [6, 6.07) is 13.6. The third kappa shape index (κ3) is 4.47. The lowest BCUT2D eigenvalue weighted by molar-refractivity contribution is 0.0342. The highest BCUT2D eigenvalue weighted by molar-refractivity contribution is 5.60. The third-order valence-corrected chi connectivity index (χ3v) is 5.48. The number of morpholine rings is 1. The first-order chi connectivity index (χ1) is 14.5. The van der Waals surface area contributed by atoms with Crippen molar-refractivity contribution < 1.29 is 14.9 Å². The number of aromatic nitrogens is 3. The number of phenolic OH excluding ortho intramolecular Hbond substituents is 1. The van der Waals surface area contributed by atoms with Gasteiger partial charge in [-0.25, -0.2) is 0 Å². The molecule has 0 saturated carbocycles. The molecule has 7 heteroatoms. The number of hydrogen-bond donors (Lipinski definition) is 2. The maximum atomic E-state index is 10.3. The Labute approximate surface area is 176 Å². The van der Waals surface area contributed by atoms with Crippen molar-refractivity contribution in [3.63, 3.8) is 0 Å². The highest BCUT2D eigenvalue weighted by Crippen LogP contribution is 2.31. The van der Waals surface area contributed by atoms with Gasteiger partial charge in [0.15, 0.2) is 5.82 Å². The van der Waals surface area contributed by atoms with Gasteiger partial charge in [-0.3, -0.25) is 9.47 Å². The second-order valence-corrected chi connectivity index (χ2v) is 8.05. The molecule has 3 aromatic rings. The average molecular weight is 409 g/mol. The second-order valence-electron chi connectivity index (χ2n) is 8.05. The van der Waals surface area contributed by atoms with E-state index in [1.165, 1.54) is 5.56 Å². The summed E-state index contributed by atoms with van der Waals surface area (Å²) in [6.45, 7) is 8.85. The normalized spacial score (nSPS) is 15.0. The maximum absolute atomic E-state index is 10.3. The summed E-state index contributed by atoms with van der Waals surface area (Å²) in [4.78, 5) is 2.38. The van der Waals surface area contributed by atoms with Crippen molar-refractivity contribution in [2.45, 2.75) is 32.9 Å². The fourth-order valence-electron chi connectivity index (χ4n) is 3.84. The smallest absolute Gasteiger partial charge is 0.315 e. The van der Waals surface area contributed by atoms with Gasteiger partial charge >= 0.3 is 6.01 Å². The van der Waals surface area contributed by atoms with E-state index >= 15 is 0 Å². The number of rotatable bonds is 6. The van der Waals surface area contributed by atoms with Crippen LogP contribution in [0.3, 0.4) is 0 Å². The molecule has 1 saturated heterocycles. The molecular weight excluding hydrogens is 380 g/mol. The van der Waals surface area contributed by atoms with Gasteiger partial charge < -0.3 is 14.9 Å². The standard InChI is InChI=1S/C23H28N4O3/c1-16(2)20-13-19(6-7-21(20)28)22-24-25-23(29)27(22)15-18-5-3-4-17(12-18)14-26-8-10-30-11-9-26/h3-7,12-13,16,28H,8-11,14-15H2,1-2H3,(H,25,29). The molecule has 0 aliphatic carbocycles. The fraction of sp³-hybridized carbons (Fsp3) is 0.391. The van der Waals surface area contributed by atoms with Crippen LogP contribution >= 0.6 is 0 Å². The lowest BCUT2D eigenvalue weighted by Crippen LogP contribution is -2.35. The summed E-state index contributed by atoms with van der Waals surface area (Å²) in [5.41, 5.74) is 3.96. The van der Waals surface area contributed by atoms with Crippen molar-refractivity contribution >= 4 is 0 Å². The summed E-state index contributed by atoms with van der Waals surface area (Å²) < 4.78 is 7.13. The predicted octanol–water partition coefficient (Wildman–Crippen LogP) is 3.36. The first kappa shape index (κ1) is 20.4. The third-order valence-electron chi connectivity index (χ3n) is 5.48. The van der Waals surface area contributed by atoms with E-state index in [0.29, 0.717) is 12.4 Å². The number of ether oxygens (including phenoxy) is 1. The van der Waals surface area contributed by atoms with Crippen LogP contribution in [-0.4, -0.2) is 56.2 Å². The molecule has 0 spiro atoms. The Hall–Kier alpha value is -2.90. The summed E-state index contributed by atoms with van der Waals surface area (Å²) in [7, 11) is 0. The molecule has 0 radical (unpaired) electrons. The highest BCUT2D eigenvalue weighted by Gasteiger charge is 2.17. The lowest BCUT2D eigenvalue weighted by atomic mass is 9.99. The molecule has 1 aliphatic heterocycles. The quantitative estimate of drug-likeness (QED) is 0.651. The van der Waals surface area contributed by atoms with E-state index in [0.717, 1.165) is 49.5 Å². The van der Waals surface area contributed by atoms with E-state index in [2.05, 4.69) is 27.2 Å². The van der Waals surface area contributed by atoms with E-state index in [1.807, 2.05) is 32.0 Å². The molecule has 30 heavy (non-hydrogen) atoms. The van der Waals surface area contributed by atoms with Crippen molar-refractivity contribution in [2.75, 3.05) is 26.3 Å². The first-order valence-corrected chi connectivity index (χ1v) is 10.3. The van der Waals surface area contributed by atoms with Gasteiger partial charge in [-0.05, 0) is 40.8 Å². The molecule has 2 heterocycles. The van der Waals surface area contributed by atoms with Crippen LogP contribution in [-0.2, 0) is 17.8 Å². The minimum Gasteiger partial charge on any atom is -0.508 e. The molecule has 2 N–H and O–H groups in total. The predicted molar refractivity (Wildman–Crippen MR) is 115 cm³/mol. The molecule has 0 amide bonds. The minimum atomic E-state index is -0.122. The summed E-state index contributed by atoms with van der Waals surface area (Å²) in [5, 5.41) is 28.5. The van der Waals surface area contributed by atoms with Crippen molar-refractivity contribution in [1.82, 2.24) is 19.7 Å². The zero-order valence-corrected chi connectivity index (χ0v) is 17.5. The van der Waals surface area contributed by atoms with Gasteiger partial charge in [0, 0.05) is 25.2 Å². The van der Waals surface area contributed by atoms with Crippen molar-refractivity contribution in [2.24, 2.45) is 0 Å². The molecular formula is C23H28N4O3. The molecule has 1 aliphatic rings. The van der Waals surface area contributed by atoms with Crippen LogP contribution < -0.4 is 0 Å². The Morgan fingerprint density at radius 3 is 2.43 bits per heavy atom. The van der Waals surface area contributed by atoms with E-state index in [4.69, 9.17) is 4.74 Å².